The van der Waals surface area contributed by atoms with Crippen LogP contribution in [0.5, 0.6) is 11.5 Å². The zero-order chi connectivity index (χ0) is 36.5. The maximum Gasteiger partial charge on any atom is 0.305 e. The van der Waals surface area contributed by atoms with E-state index < -0.39 is 12.6 Å². The summed E-state index contributed by atoms with van der Waals surface area (Å²) in [6.45, 7) is 7.75. The lowest BCUT2D eigenvalue weighted by Crippen LogP contribution is -2.59. The highest BCUT2D eigenvalue weighted by molar-refractivity contribution is 7.97. The number of rotatable bonds is 11. The number of benzene rings is 3. The first-order valence-corrected chi connectivity index (χ1v) is 21.5. The van der Waals surface area contributed by atoms with Crippen molar-refractivity contribution < 1.29 is 28.5 Å². The Balaban J connectivity index is 0.968. The molecule has 3 aromatic rings. The standard InChI is InChI=1S/C46H55O6S/c1-28-36-20-32-18-33(21-36)25-45(28,24-32)43(49-30(3)47)51-38-10-14-41(15-11-38)53(40-8-6-5-7-9-40)42-16-12-39(13-17-42)52-44(50-31(4)48)46-26-34-19-35(27-46)23-37(22-34)29(46)2/h5-17,28-29,32-37,43-44H,18-27H2,1-4H3/q+1. The Morgan fingerprint density at radius 1 is 0.547 bits per heavy atom. The Morgan fingerprint density at radius 3 is 1.26 bits per heavy atom. The summed E-state index contributed by atoms with van der Waals surface area (Å²) in [5.41, 5.74) is -0.251. The van der Waals surface area contributed by atoms with Gasteiger partial charge >= 0.3 is 11.9 Å². The Labute approximate surface area is 318 Å². The van der Waals surface area contributed by atoms with Crippen LogP contribution < -0.4 is 9.47 Å². The van der Waals surface area contributed by atoms with Crippen LogP contribution in [0.1, 0.15) is 91.9 Å². The molecule has 3 aromatic carbocycles. The first-order chi connectivity index (χ1) is 25.6. The summed E-state index contributed by atoms with van der Waals surface area (Å²) in [7, 11) is -0.386. The smallest absolute Gasteiger partial charge is 0.305 e. The second-order valence-corrected chi connectivity index (χ2v) is 20.0. The molecule has 0 saturated heterocycles. The van der Waals surface area contributed by atoms with E-state index in [1.807, 2.05) is 24.3 Å². The van der Waals surface area contributed by atoms with Crippen LogP contribution in [-0.2, 0) is 30.0 Å². The molecule has 6 nitrogen and oxygen atoms in total. The highest BCUT2D eigenvalue weighted by Crippen LogP contribution is 2.66. The SMILES string of the molecule is CC(=O)OC(Oc1ccc([S+](c2ccccc2)c2ccc(OC(OC(C)=O)C34CC5CC(CC(C5)C3C)C4)cc2)cc1)C12CC3CC(CC(C3)C1C)C2. The molecule has 8 aliphatic rings. The lowest BCUT2D eigenvalue weighted by molar-refractivity contribution is -0.235. The maximum absolute atomic E-state index is 12.5. The van der Waals surface area contributed by atoms with E-state index >= 15 is 0 Å². The van der Waals surface area contributed by atoms with Gasteiger partial charge in [0.05, 0.1) is 10.9 Å². The van der Waals surface area contributed by atoms with E-state index in [0.717, 1.165) is 37.2 Å². The molecule has 53 heavy (non-hydrogen) atoms. The number of carbonyl (C=O) groups is 2. The van der Waals surface area contributed by atoms with Crippen molar-refractivity contribution in [2.24, 2.45) is 58.2 Å². The second kappa shape index (κ2) is 13.7. The number of ether oxygens (including phenoxy) is 4. The van der Waals surface area contributed by atoms with Gasteiger partial charge in [-0.1, -0.05) is 32.0 Å². The zero-order valence-electron chi connectivity index (χ0n) is 31.7. The summed E-state index contributed by atoms with van der Waals surface area (Å²) in [5, 5.41) is 0. The average molecular weight is 736 g/mol. The van der Waals surface area contributed by atoms with E-state index in [4.69, 9.17) is 18.9 Å². The molecule has 0 aromatic heterocycles. The van der Waals surface area contributed by atoms with Gasteiger partial charge in [-0.05, 0) is 172 Å². The highest BCUT2D eigenvalue weighted by Gasteiger charge is 2.62. The summed E-state index contributed by atoms with van der Waals surface area (Å²) in [4.78, 5) is 28.5. The van der Waals surface area contributed by atoms with Gasteiger partial charge in [-0.15, -0.1) is 0 Å². The predicted molar refractivity (Wildman–Crippen MR) is 204 cm³/mol. The molecule has 8 saturated carbocycles. The van der Waals surface area contributed by atoms with Crippen LogP contribution in [0.3, 0.4) is 0 Å². The van der Waals surface area contributed by atoms with E-state index in [1.54, 1.807) is 0 Å². The van der Waals surface area contributed by atoms with Gasteiger partial charge in [0, 0.05) is 24.7 Å². The Hall–Kier alpha value is -3.45. The third-order valence-electron chi connectivity index (χ3n) is 14.8. The van der Waals surface area contributed by atoms with Gasteiger partial charge in [-0.2, -0.15) is 0 Å². The molecule has 8 atom stereocenters. The summed E-state index contributed by atoms with van der Waals surface area (Å²) in [5.74, 6) is 6.10. The van der Waals surface area contributed by atoms with Gasteiger partial charge in [0.25, 0.3) is 0 Å². The molecular formula is C46H55O6S+. The molecule has 8 unspecified atom stereocenters. The van der Waals surface area contributed by atoms with Gasteiger partial charge in [0.1, 0.15) is 11.5 Å². The molecule has 11 rings (SSSR count). The summed E-state index contributed by atoms with van der Waals surface area (Å²) >= 11 is 0. The van der Waals surface area contributed by atoms with Crippen LogP contribution in [-0.4, -0.2) is 24.5 Å². The minimum atomic E-state index is -0.577. The molecule has 0 radical (unpaired) electrons. The Morgan fingerprint density at radius 2 is 0.906 bits per heavy atom. The van der Waals surface area contributed by atoms with Crippen molar-refractivity contribution in [2.75, 3.05) is 0 Å². The minimum absolute atomic E-state index is 0.126. The van der Waals surface area contributed by atoms with Crippen molar-refractivity contribution in [2.45, 2.75) is 119 Å². The number of hydrogen-bond donors (Lipinski definition) is 0. The largest absolute Gasteiger partial charge is 0.454 e. The second-order valence-electron chi connectivity index (χ2n) is 17.9. The van der Waals surface area contributed by atoms with E-state index in [1.165, 1.54) is 67.1 Å². The molecule has 8 bridgehead atoms. The van der Waals surface area contributed by atoms with Gasteiger partial charge in [-0.3, -0.25) is 9.59 Å². The molecule has 8 fully saturated rings. The third kappa shape index (κ3) is 6.37. The topological polar surface area (TPSA) is 71.1 Å². The van der Waals surface area contributed by atoms with Crippen molar-refractivity contribution in [3.8, 4) is 11.5 Å². The molecule has 280 valence electrons. The van der Waals surface area contributed by atoms with Crippen molar-refractivity contribution in [1.82, 2.24) is 0 Å². The number of esters is 2. The van der Waals surface area contributed by atoms with Crippen molar-refractivity contribution >= 4 is 22.8 Å². The van der Waals surface area contributed by atoms with Crippen LogP contribution in [0.2, 0.25) is 0 Å². The molecular weight excluding hydrogens is 681 g/mol. The van der Waals surface area contributed by atoms with E-state index in [-0.39, 0.29) is 33.7 Å². The van der Waals surface area contributed by atoms with E-state index in [9.17, 15) is 9.59 Å². The van der Waals surface area contributed by atoms with Crippen LogP contribution in [0, 0.1) is 58.2 Å². The summed E-state index contributed by atoms with van der Waals surface area (Å²) in [6.07, 6.45) is 11.0. The molecule has 0 N–H and O–H groups in total. The van der Waals surface area contributed by atoms with Gasteiger partial charge in [-0.25, -0.2) is 0 Å². The molecule has 0 aliphatic heterocycles. The normalized spacial score (nSPS) is 36.4. The van der Waals surface area contributed by atoms with Gasteiger partial charge in [0.15, 0.2) is 14.7 Å². The lowest BCUT2D eigenvalue weighted by Gasteiger charge is -2.61. The predicted octanol–water partition coefficient (Wildman–Crippen LogP) is 10.2. The maximum atomic E-state index is 12.5. The Kier molecular flexibility index (Phi) is 9.11. The molecule has 8 aliphatic carbocycles. The highest BCUT2D eigenvalue weighted by atomic mass is 32.2. The molecule has 0 amide bonds. The first kappa shape index (κ1) is 35.3. The quantitative estimate of drug-likeness (QED) is 0.111. The summed E-state index contributed by atoms with van der Waals surface area (Å²) in [6, 6.07) is 27.5. The minimum Gasteiger partial charge on any atom is -0.454 e. The fraction of sp³-hybridized carbons (Fsp3) is 0.565. The fourth-order valence-corrected chi connectivity index (χ4v) is 14.9. The zero-order valence-corrected chi connectivity index (χ0v) is 32.5. The van der Waals surface area contributed by atoms with Crippen LogP contribution in [0.25, 0.3) is 0 Å². The summed E-state index contributed by atoms with van der Waals surface area (Å²) < 4.78 is 25.5. The molecule has 0 spiro atoms. The van der Waals surface area contributed by atoms with Crippen molar-refractivity contribution in [3.05, 3.63) is 78.9 Å². The number of carbonyl (C=O) groups excluding carboxylic acids is 2. The number of hydrogen-bond acceptors (Lipinski definition) is 6. The first-order valence-electron chi connectivity index (χ1n) is 20.3. The van der Waals surface area contributed by atoms with E-state index in [0.29, 0.717) is 47.3 Å². The van der Waals surface area contributed by atoms with Crippen molar-refractivity contribution in [1.29, 1.82) is 0 Å². The fourth-order valence-electron chi connectivity index (χ4n) is 12.9. The van der Waals surface area contributed by atoms with Crippen LogP contribution in [0.4, 0.5) is 0 Å². The third-order valence-corrected chi connectivity index (χ3v) is 17.1. The van der Waals surface area contributed by atoms with E-state index in [2.05, 4.69) is 68.4 Å². The van der Waals surface area contributed by atoms with Crippen LogP contribution >= 0.6 is 0 Å². The van der Waals surface area contributed by atoms with Gasteiger partial charge in [0.2, 0.25) is 12.6 Å². The van der Waals surface area contributed by atoms with Crippen LogP contribution in [0.15, 0.2) is 93.5 Å². The van der Waals surface area contributed by atoms with Crippen molar-refractivity contribution in [3.63, 3.8) is 0 Å². The molecule has 7 heteroatoms. The monoisotopic (exact) mass is 735 g/mol. The average Bonchev–Trinajstić information content (AvgIpc) is 3.13. The lowest BCUT2D eigenvalue weighted by atomic mass is 9.45. The Bertz CT molecular complexity index is 1670. The van der Waals surface area contributed by atoms with Gasteiger partial charge < -0.3 is 18.9 Å². The molecule has 0 heterocycles.